The van der Waals surface area contributed by atoms with Crippen LogP contribution in [0.15, 0.2) is 33.4 Å². The third-order valence-electron chi connectivity index (χ3n) is 3.56. The highest BCUT2D eigenvalue weighted by Crippen LogP contribution is 2.37. The first-order valence-corrected chi connectivity index (χ1v) is 10.3. The number of aliphatic hydroxyl groups is 1. The van der Waals surface area contributed by atoms with Crippen molar-refractivity contribution < 1.29 is 27.5 Å². The molecule has 146 valence electrons. The van der Waals surface area contributed by atoms with Crippen LogP contribution in [0.5, 0.6) is 0 Å². The summed E-state index contributed by atoms with van der Waals surface area (Å²) in [5, 5.41) is 11.7. The van der Waals surface area contributed by atoms with Gasteiger partial charge in [0.05, 0.1) is 15.5 Å². The number of halogens is 2. The molecule has 4 N–H and O–H groups in total. The number of thiophene rings is 1. The van der Waals surface area contributed by atoms with Gasteiger partial charge in [-0.1, -0.05) is 25.4 Å². The van der Waals surface area contributed by atoms with Crippen LogP contribution in [-0.2, 0) is 14.6 Å². The van der Waals surface area contributed by atoms with Crippen LogP contribution in [0.3, 0.4) is 0 Å². The lowest BCUT2D eigenvalue weighted by molar-refractivity contribution is -0.125. The molecular weight excluding hydrogens is 419 g/mol. The number of nitrogens with one attached hydrogen (secondary N) is 1. The minimum absolute atomic E-state index is 0.121. The van der Waals surface area contributed by atoms with Gasteiger partial charge in [-0.25, -0.2) is 12.8 Å². The van der Waals surface area contributed by atoms with Gasteiger partial charge in [0.1, 0.15) is 21.1 Å². The molecule has 0 spiro atoms. The van der Waals surface area contributed by atoms with E-state index in [1.807, 2.05) is 0 Å². The summed E-state index contributed by atoms with van der Waals surface area (Å²) in [6, 6.07) is 3.78. The molecule has 1 heterocycles. The number of amides is 2. The van der Waals surface area contributed by atoms with Crippen molar-refractivity contribution in [3.63, 3.8) is 0 Å². The fourth-order valence-electron chi connectivity index (χ4n) is 2.07. The molecule has 0 radical (unpaired) electrons. The molecule has 0 fully saturated rings. The van der Waals surface area contributed by atoms with Crippen molar-refractivity contribution in [1.29, 1.82) is 0 Å². The summed E-state index contributed by atoms with van der Waals surface area (Å²) in [7, 11) is -4.20. The largest absolute Gasteiger partial charge is 0.383 e. The maximum atomic E-state index is 13.2. The van der Waals surface area contributed by atoms with Gasteiger partial charge in [-0.3, -0.25) is 9.59 Å². The van der Waals surface area contributed by atoms with Crippen LogP contribution in [0.25, 0.3) is 0 Å². The normalized spacial score (nSPS) is 12.8. The average molecular weight is 435 g/mol. The van der Waals surface area contributed by atoms with E-state index in [0.29, 0.717) is 11.3 Å². The Hall–Kier alpha value is -2.01. The number of carbonyl (C=O) groups excluding carboxylic acids is 2. The minimum atomic E-state index is -4.20. The first-order valence-electron chi connectivity index (χ1n) is 7.58. The van der Waals surface area contributed by atoms with Crippen molar-refractivity contribution >= 4 is 49.6 Å². The minimum Gasteiger partial charge on any atom is -0.383 e. The first kappa shape index (κ1) is 21.3. The highest BCUT2D eigenvalue weighted by molar-refractivity contribution is 7.93. The Morgan fingerprint density at radius 2 is 1.93 bits per heavy atom. The van der Waals surface area contributed by atoms with Gasteiger partial charge in [-0.05, 0) is 30.2 Å². The van der Waals surface area contributed by atoms with E-state index in [-0.39, 0.29) is 24.7 Å². The zero-order valence-corrected chi connectivity index (χ0v) is 16.6. The molecule has 1 unspecified atom stereocenters. The number of nitrogens with two attached hydrogens (primary N) is 1. The predicted octanol–water partition coefficient (Wildman–Crippen LogP) is 2.43. The Bertz CT molecular complexity index is 1000. The maximum absolute atomic E-state index is 13.2. The van der Waals surface area contributed by atoms with E-state index in [0.717, 1.165) is 24.3 Å². The number of rotatable bonds is 6. The molecule has 2 amide bonds. The lowest BCUT2D eigenvalue weighted by Gasteiger charge is -2.13. The van der Waals surface area contributed by atoms with Gasteiger partial charge in [0.2, 0.25) is 9.84 Å². The molecule has 0 aliphatic heterocycles. The van der Waals surface area contributed by atoms with Crippen molar-refractivity contribution in [2.24, 2.45) is 11.7 Å². The van der Waals surface area contributed by atoms with E-state index < -0.39 is 39.5 Å². The van der Waals surface area contributed by atoms with Gasteiger partial charge in [0.25, 0.3) is 11.8 Å². The van der Waals surface area contributed by atoms with Gasteiger partial charge in [-0.15, -0.1) is 11.3 Å². The smallest absolute Gasteiger partial charge is 0.254 e. The number of hydrogen-bond donors (Lipinski definition) is 3. The quantitative estimate of drug-likeness (QED) is 0.602. The van der Waals surface area contributed by atoms with Crippen LogP contribution in [0.2, 0.25) is 5.02 Å². The molecule has 0 aliphatic carbocycles. The van der Waals surface area contributed by atoms with Crippen molar-refractivity contribution in [2.45, 2.75) is 29.1 Å². The summed E-state index contributed by atoms with van der Waals surface area (Å²) in [6.07, 6.45) is -1.36. The highest BCUT2D eigenvalue weighted by Gasteiger charge is 2.28. The molecule has 11 heteroatoms. The Balaban J connectivity index is 2.50. The SMILES string of the molecule is CC(C)C(O)C(=O)Nc1sc(S(=O)(=O)c2ccc(F)cc2Cl)cc1C(N)=O. The highest BCUT2D eigenvalue weighted by atomic mass is 35.5. The van der Waals surface area contributed by atoms with E-state index in [1.165, 1.54) is 0 Å². The summed E-state index contributed by atoms with van der Waals surface area (Å²) < 4.78 is 38.4. The zero-order chi connectivity index (χ0) is 20.5. The van der Waals surface area contributed by atoms with E-state index in [4.69, 9.17) is 17.3 Å². The lowest BCUT2D eigenvalue weighted by atomic mass is 10.1. The average Bonchev–Trinajstić information content (AvgIpc) is 2.98. The van der Waals surface area contributed by atoms with Crippen molar-refractivity contribution in [2.75, 3.05) is 5.32 Å². The van der Waals surface area contributed by atoms with Crippen LogP contribution in [-0.4, -0.2) is 31.4 Å². The molecule has 1 aromatic heterocycles. The van der Waals surface area contributed by atoms with Gasteiger partial charge in [0, 0.05) is 0 Å². The topological polar surface area (TPSA) is 127 Å². The summed E-state index contributed by atoms with van der Waals surface area (Å²) in [4.78, 5) is 23.3. The molecule has 0 aliphatic rings. The van der Waals surface area contributed by atoms with E-state index in [9.17, 15) is 27.5 Å². The van der Waals surface area contributed by atoms with Crippen molar-refractivity contribution in [3.8, 4) is 0 Å². The molecule has 1 aromatic carbocycles. The van der Waals surface area contributed by atoms with Crippen LogP contribution in [0, 0.1) is 11.7 Å². The molecule has 7 nitrogen and oxygen atoms in total. The third kappa shape index (κ3) is 4.46. The fourth-order valence-corrected chi connectivity index (χ4v) is 5.35. The van der Waals surface area contributed by atoms with E-state index in [2.05, 4.69) is 5.32 Å². The zero-order valence-electron chi connectivity index (χ0n) is 14.2. The summed E-state index contributed by atoms with van der Waals surface area (Å²) in [6.45, 7) is 3.22. The van der Waals surface area contributed by atoms with Gasteiger partial charge in [-0.2, -0.15) is 0 Å². The standard InChI is InChI=1S/C16H16ClFN2O5S2/c1-7(2)13(21)15(23)20-16-9(14(19)22)6-12(26-16)27(24,25)11-4-3-8(18)5-10(11)17/h3-7,13,21H,1-2H3,(H2,19,22)(H,20,23). The molecule has 0 saturated heterocycles. The second kappa shape index (κ2) is 7.93. The predicted molar refractivity (Wildman–Crippen MR) is 99.2 cm³/mol. The van der Waals surface area contributed by atoms with Crippen LogP contribution in [0.1, 0.15) is 24.2 Å². The Labute approximate surface area is 163 Å². The van der Waals surface area contributed by atoms with Gasteiger partial charge < -0.3 is 16.2 Å². The summed E-state index contributed by atoms with van der Waals surface area (Å²) >= 11 is 6.40. The van der Waals surface area contributed by atoms with E-state index in [1.54, 1.807) is 13.8 Å². The molecule has 27 heavy (non-hydrogen) atoms. The first-order chi connectivity index (χ1) is 12.4. The number of anilines is 1. The van der Waals surface area contributed by atoms with Gasteiger partial charge in [0.15, 0.2) is 0 Å². The molecule has 2 aromatic rings. The number of benzene rings is 1. The lowest BCUT2D eigenvalue weighted by Crippen LogP contribution is -2.32. The number of sulfone groups is 1. The second-order valence-electron chi connectivity index (χ2n) is 5.93. The molecule has 0 bridgehead atoms. The number of hydrogen-bond acceptors (Lipinski definition) is 6. The van der Waals surface area contributed by atoms with E-state index >= 15 is 0 Å². The molecular formula is C16H16ClFN2O5S2. The number of carbonyl (C=O) groups is 2. The van der Waals surface area contributed by atoms with Crippen LogP contribution >= 0.6 is 22.9 Å². The van der Waals surface area contributed by atoms with Gasteiger partial charge >= 0.3 is 0 Å². The Kier molecular flexibility index (Phi) is 6.25. The fraction of sp³-hybridized carbons (Fsp3) is 0.250. The molecule has 1 atom stereocenters. The third-order valence-corrected chi connectivity index (χ3v) is 7.32. The van der Waals surface area contributed by atoms with Crippen molar-refractivity contribution in [3.05, 3.63) is 40.7 Å². The number of aliphatic hydroxyl groups excluding tert-OH is 1. The number of primary amides is 1. The molecule has 2 rings (SSSR count). The Morgan fingerprint density at radius 3 is 2.44 bits per heavy atom. The summed E-state index contributed by atoms with van der Waals surface area (Å²) in [5.74, 6) is -2.88. The van der Waals surface area contributed by atoms with Crippen molar-refractivity contribution in [1.82, 2.24) is 0 Å². The van der Waals surface area contributed by atoms with Crippen LogP contribution in [0.4, 0.5) is 9.39 Å². The molecule has 0 saturated carbocycles. The second-order valence-corrected chi connectivity index (χ2v) is 9.53. The summed E-state index contributed by atoms with van der Waals surface area (Å²) in [5.41, 5.74) is 5.02. The Morgan fingerprint density at radius 1 is 1.30 bits per heavy atom. The van der Waals surface area contributed by atoms with Crippen LogP contribution < -0.4 is 11.1 Å². The monoisotopic (exact) mass is 434 g/mol. The maximum Gasteiger partial charge on any atom is 0.254 e.